The van der Waals surface area contributed by atoms with E-state index in [-0.39, 0.29) is 16.9 Å². The molecule has 0 saturated carbocycles. The Morgan fingerprint density at radius 2 is 1.92 bits per heavy atom. The fourth-order valence-electron chi connectivity index (χ4n) is 2.30. The molecule has 0 radical (unpaired) electrons. The molecule has 0 atom stereocenters. The largest absolute Gasteiger partial charge is 0.506 e. The Bertz CT molecular complexity index is 977. The van der Waals surface area contributed by atoms with Gasteiger partial charge >= 0.3 is 0 Å². The molecule has 8 heteroatoms. The molecule has 3 aromatic rings. The summed E-state index contributed by atoms with van der Waals surface area (Å²) in [6.07, 6.45) is 1.43. The Labute approximate surface area is 134 Å². The van der Waals surface area contributed by atoms with Gasteiger partial charge in [0.1, 0.15) is 5.75 Å². The average molecular weight is 325 g/mol. The number of phenolic OH excluding ortho intramolecular Hbond substituents is 1. The van der Waals surface area contributed by atoms with Crippen LogP contribution in [0, 0.1) is 10.1 Å². The van der Waals surface area contributed by atoms with E-state index < -0.39 is 22.4 Å². The second-order valence-electron chi connectivity index (χ2n) is 4.99. The molecule has 0 bridgehead atoms. The Kier molecular flexibility index (Phi) is 3.70. The lowest BCUT2D eigenvalue weighted by molar-refractivity contribution is -0.384. The zero-order chi connectivity index (χ0) is 17.3. The number of Topliss-reactive ketones (excluding diaryl/α,β-unsaturated/α-hetero) is 1. The van der Waals surface area contributed by atoms with Crippen molar-refractivity contribution in [1.29, 1.82) is 0 Å². The summed E-state index contributed by atoms with van der Waals surface area (Å²) in [5.41, 5.74) is 0.503. The number of aromatic hydroxyl groups is 1. The van der Waals surface area contributed by atoms with Crippen LogP contribution in [0.4, 0.5) is 11.4 Å². The summed E-state index contributed by atoms with van der Waals surface area (Å²) < 4.78 is 0. The minimum atomic E-state index is -0.955. The van der Waals surface area contributed by atoms with Gasteiger partial charge in [-0.15, -0.1) is 0 Å². The number of ketones is 1. The smallest absolute Gasteiger partial charge is 0.296 e. The molecule has 0 saturated heterocycles. The first-order valence-electron chi connectivity index (χ1n) is 6.86. The maximum absolute atomic E-state index is 12.3. The Morgan fingerprint density at radius 1 is 1.17 bits per heavy atom. The molecular formula is C16H11N3O5. The highest BCUT2D eigenvalue weighted by Gasteiger charge is 2.21. The zero-order valence-electron chi connectivity index (χ0n) is 12.1. The fraction of sp³-hybridized carbons (Fsp3) is 0. The Hall–Kier alpha value is -3.68. The number of nitrogens with zero attached hydrogens (tertiary/aromatic N) is 1. The topological polar surface area (TPSA) is 125 Å². The zero-order valence-corrected chi connectivity index (χ0v) is 12.1. The van der Waals surface area contributed by atoms with Gasteiger partial charge in [0.15, 0.2) is 0 Å². The number of H-pyrrole nitrogens is 1. The van der Waals surface area contributed by atoms with Crippen LogP contribution in [0.5, 0.6) is 5.75 Å². The normalized spacial score (nSPS) is 10.5. The summed E-state index contributed by atoms with van der Waals surface area (Å²) in [4.78, 5) is 37.2. The first kappa shape index (κ1) is 15.2. The molecule has 1 heterocycles. The number of rotatable bonds is 4. The predicted molar refractivity (Wildman–Crippen MR) is 86.0 cm³/mol. The summed E-state index contributed by atoms with van der Waals surface area (Å²) in [5, 5.41) is 23.2. The van der Waals surface area contributed by atoms with Crippen molar-refractivity contribution >= 4 is 34.0 Å². The van der Waals surface area contributed by atoms with Crippen LogP contribution < -0.4 is 5.32 Å². The average Bonchev–Trinajstić information content (AvgIpc) is 2.99. The van der Waals surface area contributed by atoms with Gasteiger partial charge in [-0.3, -0.25) is 19.7 Å². The van der Waals surface area contributed by atoms with Crippen LogP contribution in [0.15, 0.2) is 48.7 Å². The number of nitro groups is 1. The van der Waals surface area contributed by atoms with E-state index in [0.29, 0.717) is 10.9 Å². The lowest BCUT2D eigenvalue weighted by Crippen LogP contribution is -2.22. The number of carbonyl (C=O) groups excluding carboxylic acids is 2. The molecule has 8 nitrogen and oxygen atoms in total. The van der Waals surface area contributed by atoms with Crippen molar-refractivity contribution in [2.24, 2.45) is 0 Å². The van der Waals surface area contributed by atoms with E-state index in [1.54, 1.807) is 24.3 Å². The number of carbonyl (C=O) groups is 2. The number of benzene rings is 2. The molecule has 3 rings (SSSR count). The number of aromatic nitrogens is 1. The highest BCUT2D eigenvalue weighted by atomic mass is 16.6. The van der Waals surface area contributed by atoms with Gasteiger partial charge in [-0.1, -0.05) is 18.2 Å². The third-order valence-electron chi connectivity index (χ3n) is 3.48. The van der Waals surface area contributed by atoms with Crippen LogP contribution in [0.3, 0.4) is 0 Å². The van der Waals surface area contributed by atoms with Crippen molar-refractivity contribution in [1.82, 2.24) is 4.98 Å². The SMILES string of the molecule is O=C(Nc1ccc([N+](=O)[O-])cc1O)C(=O)c1c[nH]c2ccccc12. The van der Waals surface area contributed by atoms with Gasteiger partial charge < -0.3 is 15.4 Å². The number of fused-ring (bicyclic) bond motifs is 1. The van der Waals surface area contributed by atoms with Crippen molar-refractivity contribution in [3.8, 4) is 5.75 Å². The number of phenols is 1. The van der Waals surface area contributed by atoms with Gasteiger partial charge in [-0.2, -0.15) is 0 Å². The van der Waals surface area contributed by atoms with Crippen molar-refractivity contribution in [2.75, 3.05) is 5.32 Å². The van der Waals surface area contributed by atoms with Crippen molar-refractivity contribution in [3.63, 3.8) is 0 Å². The lowest BCUT2D eigenvalue weighted by Gasteiger charge is -2.06. The first-order chi connectivity index (χ1) is 11.5. The molecule has 2 aromatic carbocycles. The summed E-state index contributed by atoms with van der Waals surface area (Å²) >= 11 is 0. The van der Waals surface area contributed by atoms with Crippen molar-refractivity contribution < 1.29 is 19.6 Å². The second-order valence-corrected chi connectivity index (χ2v) is 4.99. The van der Waals surface area contributed by atoms with Gasteiger partial charge in [0.25, 0.3) is 17.4 Å². The van der Waals surface area contributed by atoms with Gasteiger partial charge in [-0.25, -0.2) is 0 Å². The van der Waals surface area contributed by atoms with Gasteiger partial charge in [0.05, 0.1) is 22.2 Å². The summed E-state index contributed by atoms with van der Waals surface area (Å²) in [6, 6.07) is 10.2. The maximum Gasteiger partial charge on any atom is 0.296 e. The molecule has 24 heavy (non-hydrogen) atoms. The summed E-state index contributed by atoms with van der Waals surface area (Å²) in [5.74, 6) is -2.24. The summed E-state index contributed by atoms with van der Waals surface area (Å²) in [6.45, 7) is 0. The predicted octanol–water partition coefficient (Wildman–Crippen LogP) is 2.60. The third-order valence-corrected chi connectivity index (χ3v) is 3.48. The highest BCUT2D eigenvalue weighted by molar-refractivity contribution is 6.48. The molecule has 0 fully saturated rings. The third kappa shape index (κ3) is 2.68. The quantitative estimate of drug-likeness (QED) is 0.223. The monoisotopic (exact) mass is 325 g/mol. The van der Waals surface area contributed by atoms with Crippen molar-refractivity contribution in [2.45, 2.75) is 0 Å². The molecule has 0 aliphatic carbocycles. The number of hydrogen-bond acceptors (Lipinski definition) is 5. The molecular weight excluding hydrogens is 314 g/mol. The standard InChI is InChI=1S/C16H11N3O5/c20-14-7-9(19(23)24)5-6-13(14)18-16(22)15(21)11-8-17-12-4-2-1-3-10(11)12/h1-8,17,20H,(H,18,22). The molecule has 1 amide bonds. The van der Waals surface area contributed by atoms with Gasteiger partial charge in [0.2, 0.25) is 0 Å². The maximum atomic E-state index is 12.3. The van der Waals surface area contributed by atoms with E-state index in [0.717, 1.165) is 18.2 Å². The van der Waals surface area contributed by atoms with E-state index in [2.05, 4.69) is 10.3 Å². The number of amides is 1. The van der Waals surface area contributed by atoms with Crippen LogP contribution in [0.2, 0.25) is 0 Å². The van der Waals surface area contributed by atoms with Gasteiger partial charge in [0, 0.05) is 23.2 Å². The number of nitrogens with one attached hydrogen (secondary N) is 2. The highest BCUT2D eigenvalue weighted by Crippen LogP contribution is 2.28. The number of para-hydroxylation sites is 1. The fourth-order valence-corrected chi connectivity index (χ4v) is 2.30. The molecule has 0 spiro atoms. The second kappa shape index (κ2) is 5.84. The van der Waals surface area contributed by atoms with E-state index in [9.17, 15) is 24.8 Å². The van der Waals surface area contributed by atoms with Gasteiger partial charge in [-0.05, 0) is 12.1 Å². The lowest BCUT2D eigenvalue weighted by atomic mass is 10.1. The van der Waals surface area contributed by atoms with E-state index in [4.69, 9.17) is 0 Å². The van der Waals surface area contributed by atoms with Crippen molar-refractivity contribution in [3.05, 3.63) is 64.3 Å². The minimum Gasteiger partial charge on any atom is -0.506 e. The van der Waals surface area contributed by atoms with E-state index >= 15 is 0 Å². The summed E-state index contributed by atoms with van der Waals surface area (Å²) in [7, 11) is 0. The van der Waals surface area contributed by atoms with E-state index in [1.165, 1.54) is 6.20 Å². The number of hydrogen-bond donors (Lipinski definition) is 3. The van der Waals surface area contributed by atoms with Crippen LogP contribution in [-0.4, -0.2) is 26.7 Å². The molecule has 0 aliphatic heterocycles. The first-order valence-corrected chi connectivity index (χ1v) is 6.86. The molecule has 3 N–H and O–H groups in total. The Balaban J connectivity index is 1.85. The van der Waals surface area contributed by atoms with E-state index in [1.807, 2.05) is 0 Å². The Morgan fingerprint density at radius 3 is 2.62 bits per heavy atom. The molecule has 0 aliphatic rings. The number of non-ortho nitro benzene ring substituents is 1. The number of nitro benzene ring substituents is 1. The molecule has 1 aromatic heterocycles. The van der Waals surface area contributed by atoms with Crippen LogP contribution in [-0.2, 0) is 4.79 Å². The van der Waals surface area contributed by atoms with Crippen LogP contribution in [0.1, 0.15) is 10.4 Å². The molecule has 120 valence electrons. The van der Waals surface area contributed by atoms with Crippen LogP contribution >= 0.6 is 0 Å². The number of aromatic amines is 1. The number of anilines is 1. The molecule has 0 unspecified atom stereocenters. The minimum absolute atomic E-state index is 0.0845. The van der Waals surface area contributed by atoms with Crippen LogP contribution in [0.25, 0.3) is 10.9 Å².